The average Bonchev–Trinajstić information content (AvgIpc) is 2.04. The zero-order valence-electron chi connectivity index (χ0n) is 7.22. The van der Waals surface area contributed by atoms with Crippen LogP contribution in [0.25, 0.3) is 0 Å². The molecule has 2 atom stereocenters. The van der Waals surface area contributed by atoms with Crippen LogP contribution in [0.2, 0.25) is 0 Å². The van der Waals surface area contributed by atoms with Crippen molar-refractivity contribution in [3.63, 3.8) is 0 Å². The van der Waals surface area contributed by atoms with Crippen molar-refractivity contribution in [1.29, 1.82) is 0 Å². The molecule has 7 heteroatoms. The fourth-order valence-corrected chi connectivity index (χ4v) is 5.60. The van der Waals surface area contributed by atoms with E-state index in [2.05, 4.69) is 4.86 Å². The van der Waals surface area contributed by atoms with Crippen LogP contribution in [-0.4, -0.2) is 15.4 Å². The molecule has 3 N–H and O–H groups in total. The fraction of sp³-hybridized carbons (Fsp3) is 1.00. The van der Waals surface area contributed by atoms with Crippen LogP contribution < -0.4 is 4.86 Å². The summed E-state index contributed by atoms with van der Waals surface area (Å²) < 4.78 is 10.5. The predicted octanol–water partition coefficient (Wildman–Crippen LogP) is 1.86. The molecule has 1 rings (SSSR count). The molecule has 1 aliphatic rings. The molecule has 0 amide bonds. The van der Waals surface area contributed by atoms with Gasteiger partial charge in [0.2, 0.25) is 0 Å². The van der Waals surface area contributed by atoms with Crippen LogP contribution in [0.3, 0.4) is 0 Å². The van der Waals surface area contributed by atoms with Gasteiger partial charge in [-0.2, -0.15) is 0 Å². The first-order chi connectivity index (χ1) is 6.02. The minimum absolute atomic E-state index is 0.0300. The molecule has 0 spiro atoms. The maximum atomic E-state index is 10.5. The van der Waals surface area contributed by atoms with Gasteiger partial charge in [0.1, 0.15) is 0 Å². The summed E-state index contributed by atoms with van der Waals surface area (Å²) in [5.41, 5.74) is 0.0300. The van der Waals surface area contributed by atoms with Crippen LogP contribution in [0.15, 0.2) is 0 Å². The summed E-state index contributed by atoms with van der Waals surface area (Å²) in [6, 6.07) is 0. The van der Waals surface area contributed by atoms with E-state index < -0.39 is 14.6 Å². The van der Waals surface area contributed by atoms with Gasteiger partial charge in [-0.1, -0.05) is 19.3 Å². The van der Waals surface area contributed by atoms with Gasteiger partial charge in [0.25, 0.3) is 0 Å². The van der Waals surface area contributed by atoms with Gasteiger partial charge in [-0.3, -0.25) is 0 Å². The van der Waals surface area contributed by atoms with Crippen LogP contribution in [-0.2, 0) is 16.4 Å². The van der Waals surface area contributed by atoms with E-state index in [1.807, 2.05) is 0 Å². The zero-order valence-corrected chi connectivity index (χ0v) is 9.82. The number of hydrogen-bond acceptors (Lipinski definition) is 2. The summed E-state index contributed by atoms with van der Waals surface area (Å²) in [6.07, 6.45) is 2.29. The van der Waals surface area contributed by atoms with Crippen molar-refractivity contribution in [2.45, 2.75) is 37.8 Å². The standard InChI is InChI=1S/C6H13NO3P2S/c8-11(9)7-12(10,13)6-4-2-1-3-5-6/h6H,1-5H2,(H2-,7,8,9,10,13)/p+1. The van der Waals surface area contributed by atoms with Crippen LogP contribution in [0.1, 0.15) is 32.1 Å². The molecule has 0 heterocycles. The molecule has 0 radical (unpaired) electrons. The van der Waals surface area contributed by atoms with Crippen molar-refractivity contribution in [2.75, 3.05) is 0 Å². The van der Waals surface area contributed by atoms with Crippen molar-refractivity contribution in [3.05, 3.63) is 0 Å². The van der Waals surface area contributed by atoms with Gasteiger partial charge in [-0.25, -0.2) is 0 Å². The number of rotatable bonds is 3. The Bertz CT molecular complexity index is 242. The lowest BCUT2D eigenvalue weighted by atomic mass is 10.0. The molecule has 0 saturated heterocycles. The zero-order chi connectivity index (χ0) is 9.90. The van der Waals surface area contributed by atoms with Crippen molar-refractivity contribution >= 4 is 26.4 Å². The van der Waals surface area contributed by atoms with E-state index >= 15 is 0 Å². The second kappa shape index (κ2) is 4.92. The average molecular weight is 242 g/mol. The van der Waals surface area contributed by atoms with E-state index in [0.717, 1.165) is 25.7 Å². The van der Waals surface area contributed by atoms with Gasteiger partial charge in [-0.05, 0) is 34.1 Å². The van der Waals surface area contributed by atoms with Gasteiger partial charge in [-0.15, -0.1) is 4.89 Å². The molecule has 0 aromatic rings. The van der Waals surface area contributed by atoms with E-state index in [1.165, 1.54) is 6.42 Å². The molecule has 1 aliphatic carbocycles. The molecule has 0 bridgehead atoms. The van der Waals surface area contributed by atoms with E-state index in [4.69, 9.17) is 16.7 Å². The van der Waals surface area contributed by atoms with Crippen molar-refractivity contribution in [3.8, 4) is 0 Å². The van der Waals surface area contributed by atoms with Gasteiger partial charge in [0.15, 0.2) is 6.42 Å². The SMILES string of the molecule is O=[P+](O)NP(O)(=S)C1CCCCC1. The molecule has 13 heavy (non-hydrogen) atoms. The topological polar surface area (TPSA) is 69.6 Å². The summed E-state index contributed by atoms with van der Waals surface area (Å²) in [4.78, 5) is 20.6. The normalized spacial score (nSPS) is 25.2. The van der Waals surface area contributed by atoms with Gasteiger partial charge in [0, 0.05) is 5.66 Å². The first-order valence-corrected chi connectivity index (χ1v) is 8.32. The highest BCUT2D eigenvalue weighted by molar-refractivity contribution is 8.12. The third-order valence-electron chi connectivity index (χ3n) is 2.30. The summed E-state index contributed by atoms with van der Waals surface area (Å²) in [5.74, 6) is 0. The Morgan fingerprint density at radius 1 is 1.38 bits per heavy atom. The molecule has 0 aliphatic heterocycles. The molecule has 1 fully saturated rings. The highest BCUT2D eigenvalue weighted by Crippen LogP contribution is 2.51. The molecule has 1 saturated carbocycles. The molecule has 0 aromatic carbocycles. The van der Waals surface area contributed by atoms with E-state index in [9.17, 15) is 9.46 Å². The Kier molecular flexibility index (Phi) is 4.43. The first-order valence-electron chi connectivity index (χ1n) is 4.29. The van der Waals surface area contributed by atoms with Crippen LogP contribution in [0.5, 0.6) is 0 Å². The largest absolute Gasteiger partial charge is 0.617 e. The second-order valence-corrected chi connectivity index (χ2v) is 8.28. The first kappa shape index (κ1) is 11.7. The second-order valence-electron chi connectivity index (χ2n) is 3.29. The molecule has 0 aromatic heterocycles. The number of nitrogens with one attached hydrogen (secondary N) is 1. The monoisotopic (exact) mass is 242 g/mol. The van der Waals surface area contributed by atoms with E-state index in [1.54, 1.807) is 0 Å². The Balaban J connectivity index is 2.56. The lowest BCUT2D eigenvalue weighted by Crippen LogP contribution is -2.18. The van der Waals surface area contributed by atoms with Crippen molar-refractivity contribution < 1.29 is 14.4 Å². The highest BCUT2D eigenvalue weighted by Gasteiger charge is 2.34. The van der Waals surface area contributed by atoms with Crippen LogP contribution >= 0.6 is 14.6 Å². The lowest BCUT2D eigenvalue weighted by molar-refractivity contribution is 0.472. The maximum Gasteiger partial charge on any atom is 0.617 e. The Morgan fingerprint density at radius 2 is 1.92 bits per heavy atom. The molecule has 4 nitrogen and oxygen atoms in total. The smallest absolute Gasteiger partial charge is 0.351 e. The summed E-state index contributed by atoms with van der Waals surface area (Å²) in [7, 11) is -2.52. The minimum Gasteiger partial charge on any atom is -0.351 e. The third-order valence-corrected chi connectivity index (χ3v) is 7.26. The van der Waals surface area contributed by atoms with Gasteiger partial charge in [0.05, 0.1) is 0 Å². The Labute approximate surface area is 83.8 Å². The summed E-state index contributed by atoms with van der Waals surface area (Å²) in [6.45, 7) is 0. The minimum atomic E-state index is -2.77. The van der Waals surface area contributed by atoms with Crippen molar-refractivity contribution in [2.24, 2.45) is 0 Å². The number of hydrogen-bond donors (Lipinski definition) is 3. The highest BCUT2D eigenvalue weighted by atomic mass is 32.4. The molecule has 76 valence electrons. The summed E-state index contributed by atoms with van der Waals surface area (Å²) in [5, 5.41) is 0. The summed E-state index contributed by atoms with van der Waals surface area (Å²) >= 11 is 4.95. The van der Waals surface area contributed by atoms with Gasteiger partial charge < -0.3 is 4.89 Å². The Morgan fingerprint density at radius 3 is 2.38 bits per heavy atom. The molecular formula is C6H14NO3P2S+. The van der Waals surface area contributed by atoms with Crippen LogP contribution in [0.4, 0.5) is 0 Å². The Hall–Kier alpha value is 0.630. The maximum absolute atomic E-state index is 10.5. The van der Waals surface area contributed by atoms with Crippen molar-refractivity contribution in [1.82, 2.24) is 4.86 Å². The van der Waals surface area contributed by atoms with Crippen LogP contribution in [0, 0.1) is 0 Å². The quantitative estimate of drug-likeness (QED) is 0.659. The molecule has 2 unspecified atom stereocenters. The van der Waals surface area contributed by atoms with E-state index in [0.29, 0.717) is 0 Å². The fourth-order valence-electron chi connectivity index (χ4n) is 1.64. The predicted molar refractivity (Wildman–Crippen MR) is 56.3 cm³/mol. The van der Waals surface area contributed by atoms with Gasteiger partial charge >= 0.3 is 8.18 Å². The van der Waals surface area contributed by atoms with E-state index in [-0.39, 0.29) is 5.66 Å². The third kappa shape index (κ3) is 3.70. The lowest BCUT2D eigenvalue weighted by Gasteiger charge is -2.26. The molecular weight excluding hydrogens is 228 g/mol.